The summed E-state index contributed by atoms with van der Waals surface area (Å²) < 4.78 is 5.05. The Morgan fingerprint density at radius 2 is 1.04 bits per heavy atom. The second-order valence-electron chi connectivity index (χ2n) is 12.6. The molecule has 0 aliphatic rings. The predicted octanol–water partition coefficient (Wildman–Crippen LogP) is 13.4. The summed E-state index contributed by atoms with van der Waals surface area (Å²) in [5.74, 6) is 0. The zero-order valence-electron chi connectivity index (χ0n) is 26.6. The molecular weight excluding hydrogens is 613 g/mol. The third-order valence-corrected chi connectivity index (χ3v) is 11.0. The van der Waals surface area contributed by atoms with Crippen LogP contribution in [-0.2, 0) is 0 Å². The molecule has 2 heterocycles. The van der Waals surface area contributed by atoms with E-state index in [9.17, 15) is 0 Å². The van der Waals surface area contributed by atoms with E-state index in [4.69, 9.17) is 0 Å². The molecule has 0 atom stereocenters. The maximum atomic E-state index is 2.37. The molecule has 0 fully saturated rings. The maximum absolute atomic E-state index is 2.37. The summed E-state index contributed by atoms with van der Waals surface area (Å²) in [5.41, 5.74) is 9.43. The number of anilines is 3. The van der Waals surface area contributed by atoms with E-state index in [1.54, 1.807) is 0 Å². The van der Waals surface area contributed by atoms with Crippen LogP contribution < -0.4 is 4.90 Å². The number of thiophene rings is 1. The Balaban J connectivity index is 1.15. The van der Waals surface area contributed by atoms with Gasteiger partial charge in [-0.3, -0.25) is 0 Å². The van der Waals surface area contributed by atoms with Crippen molar-refractivity contribution < 1.29 is 0 Å². The van der Waals surface area contributed by atoms with E-state index in [-0.39, 0.29) is 0 Å². The van der Waals surface area contributed by atoms with Crippen LogP contribution in [0, 0.1) is 0 Å². The van der Waals surface area contributed by atoms with Crippen molar-refractivity contribution in [1.29, 1.82) is 0 Å². The van der Waals surface area contributed by atoms with Crippen LogP contribution in [0.15, 0.2) is 182 Å². The van der Waals surface area contributed by atoms with Crippen LogP contribution in [0.4, 0.5) is 17.1 Å². The van der Waals surface area contributed by atoms with Crippen LogP contribution in [0.25, 0.3) is 69.6 Å². The second-order valence-corrected chi connectivity index (χ2v) is 13.6. The maximum Gasteiger partial charge on any atom is 0.0542 e. The van der Waals surface area contributed by atoms with Crippen molar-refractivity contribution in [1.82, 2.24) is 4.57 Å². The summed E-state index contributed by atoms with van der Waals surface area (Å²) >= 11 is 1.89. The first-order valence-electron chi connectivity index (χ1n) is 16.7. The van der Waals surface area contributed by atoms with E-state index >= 15 is 0 Å². The lowest BCUT2D eigenvalue weighted by molar-refractivity contribution is 1.18. The van der Waals surface area contributed by atoms with Crippen molar-refractivity contribution in [2.45, 2.75) is 0 Å². The molecule has 2 nitrogen and oxygen atoms in total. The fourth-order valence-electron chi connectivity index (χ4n) is 7.56. The van der Waals surface area contributed by atoms with Crippen molar-refractivity contribution in [3.05, 3.63) is 182 Å². The molecule has 0 radical (unpaired) electrons. The van der Waals surface area contributed by atoms with E-state index in [1.165, 1.54) is 63.9 Å². The number of fused-ring (bicyclic) bond motifs is 8. The summed E-state index contributed by atoms with van der Waals surface area (Å²) in [4.78, 5) is 2.37. The number of rotatable bonds is 5. The van der Waals surface area contributed by atoms with Gasteiger partial charge in [0.1, 0.15) is 0 Å². The standard InChI is InChI=1S/C46H30N2S/c1-3-14-33(15-4-1)47(36-27-28-43-41(30-36)38-19-9-11-21-42(38)48(43)34-16-5-2-6-17-34)35-25-23-31(24-26-35)40-29-32-13-7-8-18-37(32)46-45(40)39-20-10-12-22-44(39)49-46/h1-30H. The number of para-hydroxylation sites is 3. The highest BCUT2D eigenvalue weighted by atomic mass is 32.1. The molecule has 2 aromatic heterocycles. The van der Waals surface area contributed by atoms with Crippen LogP contribution in [-0.4, -0.2) is 4.57 Å². The Kier molecular flexibility index (Phi) is 6.39. The minimum atomic E-state index is 1.12. The molecule has 0 saturated heterocycles. The average molecular weight is 643 g/mol. The van der Waals surface area contributed by atoms with Gasteiger partial charge in [-0.1, -0.05) is 109 Å². The molecule has 0 amide bonds. The van der Waals surface area contributed by atoms with Crippen molar-refractivity contribution in [2.75, 3.05) is 4.90 Å². The molecule has 0 saturated carbocycles. The molecule has 8 aromatic carbocycles. The van der Waals surface area contributed by atoms with Gasteiger partial charge < -0.3 is 9.47 Å². The van der Waals surface area contributed by atoms with Crippen molar-refractivity contribution in [3.63, 3.8) is 0 Å². The van der Waals surface area contributed by atoms with Gasteiger partial charge >= 0.3 is 0 Å². The number of benzene rings is 8. The van der Waals surface area contributed by atoms with E-state index in [2.05, 4.69) is 191 Å². The lowest BCUT2D eigenvalue weighted by atomic mass is 9.95. The Morgan fingerprint density at radius 1 is 0.429 bits per heavy atom. The monoisotopic (exact) mass is 642 g/mol. The topological polar surface area (TPSA) is 8.17 Å². The van der Waals surface area contributed by atoms with E-state index < -0.39 is 0 Å². The summed E-state index contributed by atoms with van der Waals surface area (Å²) in [6.45, 7) is 0. The molecule has 49 heavy (non-hydrogen) atoms. The van der Waals surface area contributed by atoms with Gasteiger partial charge in [0.05, 0.1) is 11.0 Å². The van der Waals surface area contributed by atoms with Gasteiger partial charge in [0, 0.05) is 53.7 Å². The van der Waals surface area contributed by atoms with Gasteiger partial charge in [0.25, 0.3) is 0 Å². The van der Waals surface area contributed by atoms with E-state index in [1.807, 2.05) is 11.3 Å². The van der Waals surface area contributed by atoms with E-state index in [0.29, 0.717) is 0 Å². The first-order chi connectivity index (χ1) is 24.3. The lowest BCUT2D eigenvalue weighted by Crippen LogP contribution is -2.09. The molecular formula is C46H30N2S. The molecule has 0 unspecified atom stereocenters. The van der Waals surface area contributed by atoms with Crippen LogP contribution in [0.1, 0.15) is 0 Å². The normalized spacial score (nSPS) is 11.7. The Hall–Kier alpha value is -6.16. The summed E-state index contributed by atoms with van der Waals surface area (Å²) in [5, 5.41) is 7.73. The van der Waals surface area contributed by atoms with Crippen LogP contribution in [0.3, 0.4) is 0 Å². The Bertz CT molecular complexity index is 2810. The highest BCUT2D eigenvalue weighted by molar-refractivity contribution is 7.26. The van der Waals surface area contributed by atoms with Gasteiger partial charge in [-0.25, -0.2) is 0 Å². The molecule has 10 aromatic rings. The fraction of sp³-hybridized carbons (Fsp3) is 0. The molecule has 0 spiro atoms. The first kappa shape index (κ1) is 27.9. The SMILES string of the molecule is c1ccc(N(c2ccc(-c3cc4ccccc4c4sc5ccccc5c34)cc2)c2ccc3c(c2)c2ccccc2n3-c2ccccc2)cc1. The van der Waals surface area contributed by atoms with Crippen LogP contribution >= 0.6 is 11.3 Å². The van der Waals surface area contributed by atoms with Crippen molar-refractivity contribution >= 4 is 81.1 Å². The number of nitrogens with zero attached hydrogens (tertiary/aromatic N) is 2. The van der Waals surface area contributed by atoms with Crippen molar-refractivity contribution in [2.24, 2.45) is 0 Å². The summed E-state index contributed by atoms with van der Waals surface area (Å²) in [6.07, 6.45) is 0. The molecule has 230 valence electrons. The molecule has 0 bridgehead atoms. The van der Waals surface area contributed by atoms with Gasteiger partial charge in [-0.2, -0.15) is 0 Å². The average Bonchev–Trinajstić information content (AvgIpc) is 3.72. The highest BCUT2D eigenvalue weighted by Gasteiger charge is 2.19. The Morgan fingerprint density at radius 3 is 1.86 bits per heavy atom. The second kappa shape index (κ2) is 11.2. The van der Waals surface area contributed by atoms with Gasteiger partial charge in [0.15, 0.2) is 0 Å². The van der Waals surface area contributed by atoms with Crippen LogP contribution in [0.5, 0.6) is 0 Å². The molecule has 10 rings (SSSR count). The van der Waals surface area contributed by atoms with Crippen LogP contribution in [0.2, 0.25) is 0 Å². The van der Waals surface area contributed by atoms with Gasteiger partial charge in [-0.15, -0.1) is 11.3 Å². The number of hydrogen-bond acceptors (Lipinski definition) is 2. The van der Waals surface area contributed by atoms with E-state index in [0.717, 1.165) is 22.7 Å². The largest absolute Gasteiger partial charge is 0.310 e. The minimum Gasteiger partial charge on any atom is -0.310 e. The number of aromatic nitrogens is 1. The number of hydrogen-bond donors (Lipinski definition) is 0. The minimum absolute atomic E-state index is 1.12. The lowest BCUT2D eigenvalue weighted by Gasteiger charge is -2.26. The zero-order chi connectivity index (χ0) is 32.3. The molecule has 0 aliphatic carbocycles. The first-order valence-corrected chi connectivity index (χ1v) is 17.5. The summed E-state index contributed by atoms with van der Waals surface area (Å²) in [6, 6.07) is 66.0. The summed E-state index contributed by atoms with van der Waals surface area (Å²) in [7, 11) is 0. The fourth-order valence-corrected chi connectivity index (χ4v) is 8.82. The third-order valence-electron chi connectivity index (χ3n) is 9.75. The van der Waals surface area contributed by atoms with Gasteiger partial charge in [0.2, 0.25) is 0 Å². The molecule has 0 N–H and O–H groups in total. The zero-order valence-corrected chi connectivity index (χ0v) is 27.4. The predicted molar refractivity (Wildman–Crippen MR) is 211 cm³/mol. The molecule has 0 aliphatic heterocycles. The quantitative estimate of drug-likeness (QED) is 0.181. The Labute approximate surface area is 288 Å². The highest BCUT2D eigenvalue weighted by Crippen LogP contribution is 2.45. The van der Waals surface area contributed by atoms with Gasteiger partial charge in [-0.05, 0) is 94.7 Å². The van der Waals surface area contributed by atoms with Crippen molar-refractivity contribution in [3.8, 4) is 16.8 Å². The molecule has 3 heteroatoms. The third kappa shape index (κ3) is 4.47. The smallest absolute Gasteiger partial charge is 0.0542 e.